The number of likely N-dealkylation sites (N-methyl/N-ethyl adjacent to an activating group) is 1. The van der Waals surface area contributed by atoms with Crippen LogP contribution in [0, 0.1) is 0 Å². The Balaban J connectivity index is 1.38. The third kappa shape index (κ3) is 6.42. The van der Waals surface area contributed by atoms with Crippen LogP contribution in [0.1, 0.15) is 19.8 Å². The van der Waals surface area contributed by atoms with Gasteiger partial charge in [-0.05, 0) is 31.6 Å². The van der Waals surface area contributed by atoms with Gasteiger partial charge < -0.3 is 24.8 Å². The fourth-order valence-corrected chi connectivity index (χ4v) is 4.51. The molecule has 2 N–H and O–H groups in total. The van der Waals surface area contributed by atoms with Gasteiger partial charge in [0.25, 0.3) is 5.91 Å². The fourth-order valence-electron chi connectivity index (χ4n) is 3.86. The SMILES string of the molecule is CNC(=O)C1=C(C)OC2CC(Oc3ccnc(Nc4cccc(OCCCS(C)(=O)=O)c4)n3)=CC=C12. The normalized spacial score (nSPS) is 16.9. The van der Waals surface area contributed by atoms with Crippen LogP contribution in [-0.4, -0.2) is 56.1 Å². The van der Waals surface area contributed by atoms with Crippen LogP contribution in [0.25, 0.3) is 0 Å². The highest BCUT2D eigenvalue weighted by Crippen LogP contribution is 2.37. The van der Waals surface area contributed by atoms with Gasteiger partial charge in [0.05, 0.1) is 17.9 Å². The number of carbonyl (C=O) groups is 1. The molecule has 190 valence electrons. The average Bonchev–Trinajstić information content (AvgIpc) is 3.16. The first kappa shape index (κ1) is 25.2. The number of nitrogens with one attached hydrogen (secondary N) is 2. The summed E-state index contributed by atoms with van der Waals surface area (Å²) in [4.78, 5) is 20.8. The molecule has 1 amide bonds. The van der Waals surface area contributed by atoms with Crippen molar-refractivity contribution < 1.29 is 27.4 Å². The minimum absolute atomic E-state index is 0.0807. The predicted octanol–water partition coefficient (Wildman–Crippen LogP) is 3.05. The maximum Gasteiger partial charge on any atom is 0.254 e. The molecule has 1 aliphatic heterocycles. The Hall–Kier alpha value is -3.86. The van der Waals surface area contributed by atoms with Crippen molar-refractivity contribution in [2.45, 2.75) is 25.9 Å². The van der Waals surface area contributed by atoms with Crippen LogP contribution in [0.4, 0.5) is 11.6 Å². The van der Waals surface area contributed by atoms with Crippen LogP contribution in [-0.2, 0) is 19.4 Å². The number of carbonyl (C=O) groups excluding carboxylic acids is 1. The Labute approximate surface area is 210 Å². The highest BCUT2D eigenvalue weighted by atomic mass is 32.2. The summed E-state index contributed by atoms with van der Waals surface area (Å²) < 4.78 is 40.0. The molecule has 1 unspecified atom stereocenters. The lowest BCUT2D eigenvalue weighted by Gasteiger charge is -2.20. The number of fused-ring (bicyclic) bond motifs is 1. The van der Waals surface area contributed by atoms with Crippen molar-refractivity contribution in [1.82, 2.24) is 15.3 Å². The van der Waals surface area contributed by atoms with Gasteiger partial charge in [0.2, 0.25) is 11.8 Å². The number of hydrogen-bond donors (Lipinski definition) is 2. The van der Waals surface area contributed by atoms with Crippen molar-refractivity contribution in [1.29, 1.82) is 0 Å². The van der Waals surface area contributed by atoms with Crippen molar-refractivity contribution in [2.75, 3.05) is 31.0 Å². The zero-order valence-electron chi connectivity index (χ0n) is 20.3. The number of sulfone groups is 1. The number of hydrogen-bond acceptors (Lipinski definition) is 9. The summed E-state index contributed by atoms with van der Waals surface area (Å²) in [5.74, 6) is 2.46. The van der Waals surface area contributed by atoms with Gasteiger partial charge in [0.15, 0.2) is 0 Å². The van der Waals surface area contributed by atoms with E-state index in [4.69, 9.17) is 14.2 Å². The quantitative estimate of drug-likeness (QED) is 0.462. The molecule has 4 rings (SSSR count). The molecular formula is C25H28N4O6S. The Morgan fingerprint density at radius 2 is 2.08 bits per heavy atom. The molecule has 2 aromatic rings. The van der Waals surface area contributed by atoms with E-state index >= 15 is 0 Å². The van der Waals surface area contributed by atoms with Crippen molar-refractivity contribution in [3.8, 4) is 11.6 Å². The second-order valence-electron chi connectivity index (χ2n) is 8.38. The van der Waals surface area contributed by atoms with Crippen LogP contribution in [0.15, 0.2) is 71.3 Å². The first-order valence-corrected chi connectivity index (χ1v) is 13.5. The topological polar surface area (TPSA) is 129 Å². The highest BCUT2D eigenvalue weighted by molar-refractivity contribution is 7.90. The largest absolute Gasteiger partial charge is 0.493 e. The maximum absolute atomic E-state index is 12.2. The van der Waals surface area contributed by atoms with Gasteiger partial charge in [0.1, 0.15) is 33.2 Å². The van der Waals surface area contributed by atoms with Gasteiger partial charge in [0, 0.05) is 49.3 Å². The van der Waals surface area contributed by atoms with E-state index in [1.54, 1.807) is 38.4 Å². The van der Waals surface area contributed by atoms with Crippen LogP contribution < -0.4 is 20.1 Å². The third-order valence-electron chi connectivity index (χ3n) is 5.48. The van der Waals surface area contributed by atoms with Crippen LogP contribution >= 0.6 is 0 Å². The van der Waals surface area contributed by atoms with Gasteiger partial charge in [-0.25, -0.2) is 13.4 Å². The average molecular weight is 513 g/mol. The fraction of sp³-hybridized carbons (Fsp3) is 0.320. The summed E-state index contributed by atoms with van der Waals surface area (Å²) >= 11 is 0. The number of benzene rings is 1. The molecule has 0 fully saturated rings. The minimum atomic E-state index is -3.01. The smallest absolute Gasteiger partial charge is 0.254 e. The number of amides is 1. The monoisotopic (exact) mass is 512 g/mol. The Morgan fingerprint density at radius 1 is 1.25 bits per heavy atom. The van der Waals surface area contributed by atoms with Crippen LogP contribution in [0.2, 0.25) is 0 Å². The van der Waals surface area contributed by atoms with Gasteiger partial charge in [-0.15, -0.1) is 0 Å². The minimum Gasteiger partial charge on any atom is -0.493 e. The summed E-state index contributed by atoms with van der Waals surface area (Å²) in [5, 5.41) is 5.76. The number of aromatic nitrogens is 2. The van der Waals surface area contributed by atoms with Gasteiger partial charge in [-0.1, -0.05) is 12.1 Å². The maximum atomic E-state index is 12.2. The molecule has 0 bridgehead atoms. The summed E-state index contributed by atoms with van der Waals surface area (Å²) in [5.41, 5.74) is 2.11. The number of allylic oxidation sites excluding steroid dienone is 3. The molecule has 36 heavy (non-hydrogen) atoms. The number of nitrogens with zero attached hydrogens (tertiary/aromatic N) is 2. The molecule has 1 aliphatic carbocycles. The van der Waals surface area contributed by atoms with Crippen LogP contribution in [0.3, 0.4) is 0 Å². The molecule has 1 aromatic heterocycles. The zero-order chi connectivity index (χ0) is 25.7. The van der Waals surface area contributed by atoms with Crippen molar-refractivity contribution in [2.24, 2.45) is 0 Å². The number of rotatable bonds is 10. The molecule has 0 saturated heterocycles. The van der Waals surface area contributed by atoms with E-state index in [-0.39, 0.29) is 17.8 Å². The van der Waals surface area contributed by atoms with Gasteiger partial charge in [-0.3, -0.25) is 4.79 Å². The van der Waals surface area contributed by atoms with Crippen molar-refractivity contribution in [3.05, 3.63) is 71.3 Å². The van der Waals surface area contributed by atoms with E-state index < -0.39 is 9.84 Å². The first-order chi connectivity index (χ1) is 17.2. The summed E-state index contributed by atoms with van der Waals surface area (Å²) in [7, 11) is -1.42. The molecule has 0 saturated carbocycles. The predicted molar refractivity (Wildman–Crippen MR) is 135 cm³/mol. The van der Waals surface area contributed by atoms with E-state index in [9.17, 15) is 13.2 Å². The third-order valence-corrected chi connectivity index (χ3v) is 6.51. The molecule has 10 nitrogen and oxygen atoms in total. The molecule has 11 heteroatoms. The lowest BCUT2D eigenvalue weighted by atomic mass is 9.95. The lowest BCUT2D eigenvalue weighted by molar-refractivity contribution is -0.116. The van der Waals surface area contributed by atoms with E-state index in [2.05, 4.69) is 20.6 Å². The molecular weight excluding hydrogens is 484 g/mol. The molecule has 2 aliphatic rings. The molecule has 0 spiro atoms. The number of ether oxygens (including phenoxy) is 3. The van der Waals surface area contributed by atoms with E-state index in [1.807, 2.05) is 24.3 Å². The number of anilines is 2. The van der Waals surface area contributed by atoms with Crippen molar-refractivity contribution in [3.63, 3.8) is 0 Å². The lowest BCUT2D eigenvalue weighted by Crippen LogP contribution is -2.23. The zero-order valence-corrected chi connectivity index (χ0v) is 21.1. The van der Waals surface area contributed by atoms with Gasteiger partial charge in [-0.2, -0.15) is 4.98 Å². The molecule has 1 aromatic carbocycles. The van der Waals surface area contributed by atoms with E-state index in [1.165, 1.54) is 6.26 Å². The molecule has 0 radical (unpaired) electrons. The highest BCUT2D eigenvalue weighted by Gasteiger charge is 2.35. The van der Waals surface area contributed by atoms with E-state index in [0.717, 1.165) is 5.57 Å². The van der Waals surface area contributed by atoms with Gasteiger partial charge >= 0.3 is 0 Å². The molecule has 1 atom stereocenters. The first-order valence-electron chi connectivity index (χ1n) is 11.4. The van der Waals surface area contributed by atoms with Crippen molar-refractivity contribution >= 4 is 27.4 Å². The van der Waals surface area contributed by atoms with E-state index in [0.29, 0.717) is 59.8 Å². The summed E-state index contributed by atoms with van der Waals surface area (Å²) in [6, 6.07) is 8.88. The summed E-state index contributed by atoms with van der Waals surface area (Å²) in [6.45, 7) is 2.08. The Bertz CT molecular complexity index is 1350. The van der Waals surface area contributed by atoms with Crippen LogP contribution in [0.5, 0.6) is 11.6 Å². The standard InChI is InChI=1S/C25H28N4O6S/c1-16-23(24(30)26-2)20-9-8-19(15-21(20)34-16)35-22-10-11-27-25(29-22)28-17-6-4-7-18(14-17)33-12-5-13-36(3,31)32/h4,6-11,14,21H,5,12-13,15H2,1-3H3,(H,26,30)(H,27,28,29). The second-order valence-corrected chi connectivity index (χ2v) is 10.6. The summed E-state index contributed by atoms with van der Waals surface area (Å²) in [6.07, 6.45) is 7.05. The Morgan fingerprint density at radius 3 is 2.86 bits per heavy atom. The second kappa shape index (κ2) is 10.8. The Kier molecular flexibility index (Phi) is 7.58. The molecule has 2 heterocycles.